The van der Waals surface area contributed by atoms with Gasteiger partial charge in [0.2, 0.25) is 0 Å². The lowest BCUT2D eigenvalue weighted by atomic mass is 10.2. The van der Waals surface area contributed by atoms with Crippen LogP contribution in [0.15, 0.2) is 4.99 Å². The van der Waals surface area contributed by atoms with Crippen molar-refractivity contribution in [1.82, 2.24) is 10.6 Å². The van der Waals surface area contributed by atoms with E-state index < -0.39 is 9.84 Å². The van der Waals surface area contributed by atoms with Crippen LogP contribution in [-0.2, 0) is 14.6 Å². The molecule has 0 rings (SSSR count). The van der Waals surface area contributed by atoms with Crippen molar-refractivity contribution < 1.29 is 13.2 Å². The van der Waals surface area contributed by atoms with Gasteiger partial charge in [-0.05, 0) is 18.8 Å². The highest BCUT2D eigenvalue weighted by Crippen LogP contribution is 1.92. The maximum atomic E-state index is 11.0. The maximum absolute atomic E-state index is 11.0. The minimum atomic E-state index is -2.88. The highest BCUT2D eigenvalue weighted by molar-refractivity contribution is 14.0. The third-order valence-corrected chi connectivity index (χ3v) is 3.45. The number of ether oxygens (including phenoxy) is 1. The van der Waals surface area contributed by atoms with Crippen molar-refractivity contribution in [3.63, 3.8) is 0 Å². The molecule has 0 amide bonds. The Hall–Kier alpha value is -0.0900. The molecule has 0 radical (unpaired) electrons. The summed E-state index contributed by atoms with van der Waals surface area (Å²) in [5, 5.41) is 6.25. The van der Waals surface area contributed by atoms with Gasteiger partial charge < -0.3 is 15.4 Å². The molecule has 0 saturated heterocycles. The third-order valence-electron chi connectivity index (χ3n) is 2.42. The summed E-state index contributed by atoms with van der Waals surface area (Å²) >= 11 is 0. The summed E-state index contributed by atoms with van der Waals surface area (Å²) in [4.78, 5) is 4.07. The molecule has 0 saturated carbocycles. The van der Waals surface area contributed by atoms with Crippen LogP contribution in [-0.4, -0.2) is 59.7 Å². The number of nitrogens with zero attached hydrogens (tertiary/aromatic N) is 1. The lowest BCUT2D eigenvalue weighted by Gasteiger charge is -2.12. The van der Waals surface area contributed by atoms with E-state index >= 15 is 0 Å². The van der Waals surface area contributed by atoms with Gasteiger partial charge in [-0.15, -0.1) is 24.0 Å². The van der Waals surface area contributed by atoms with Crippen molar-refractivity contribution in [2.24, 2.45) is 10.9 Å². The van der Waals surface area contributed by atoms with E-state index in [1.807, 2.05) is 0 Å². The van der Waals surface area contributed by atoms with Gasteiger partial charge in [0, 0.05) is 39.6 Å². The summed E-state index contributed by atoms with van der Waals surface area (Å²) in [6.07, 6.45) is 2.74. The lowest BCUT2D eigenvalue weighted by Crippen LogP contribution is -2.38. The SMILES string of the molecule is CN=C(NCCCOCC(C)C)NCCCS(C)(=O)=O.I. The number of aliphatic imine (C=N–C) groups is 1. The first-order valence-electron chi connectivity index (χ1n) is 7.05. The number of halogens is 1. The minimum absolute atomic E-state index is 0. The van der Waals surface area contributed by atoms with E-state index in [0.717, 1.165) is 26.2 Å². The first-order chi connectivity index (χ1) is 9.35. The standard InChI is InChI=1S/C13H29N3O3S.HI/c1-12(2)11-19-9-5-7-15-13(14-3)16-8-6-10-20(4,17)18;/h12H,5-11H2,1-4H3,(H2,14,15,16);1H. The predicted octanol–water partition coefficient (Wildman–Crippen LogP) is 1.27. The first kappa shape index (κ1) is 23.2. The normalized spacial score (nSPS) is 12.1. The fourth-order valence-corrected chi connectivity index (χ4v) is 2.13. The number of hydrogen-bond donors (Lipinski definition) is 2. The molecule has 0 aromatic carbocycles. The zero-order valence-corrected chi connectivity index (χ0v) is 16.7. The van der Waals surface area contributed by atoms with E-state index in [9.17, 15) is 8.42 Å². The number of sulfone groups is 1. The smallest absolute Gasteiger partial charge is 0.190 e. The minimum Gasteiger partial charge on any atom is -0.381 e. The van der Waals surface area contributed by atoms with Crippen LogP contribution in [0.25, 0.3) is 0 Å². The number of nitrogens with one attached hydrogen (secondary N) is 2. The molecule has 2 N–H and O–H groups in total. The average Bonchev–Trinajstić information content (AvgIpc) is 2.34. The summed E-state index contributed by atoms with van der Waals surface area (Å²) in [5.74, 6) is 1.45. The summed E-state index contributed by atoms with van der Waals surface area (Å²) in [6.45, 7) is 7.15. The van der Waals surface area contributed by atoms with Crippen LogP contribution in [0.4, 0.5) is 0 Å². The Bertz CT molecular complexity index is 373. The molecule has 0 bridgehead atoms. The molecule has 0 aromatic rings. The monoisotopic (exact) mass is 435 g/mol. The summed E-state index contributed by atoms with van der Waals surface area (Å²) in [6, 6.07) is 0. The Labute approximate surface area is 146 Å². The average molecular weight is 435 g/mol. The summed E-state index contributed by atoms with van der Waals surface area (Å²) < 4.78 is 27.4. The molecule has 21 heavy (non-hydrogen) atoms. The molecule has 0 aromatic heterocycles. The van der Waals surface area contributed by atoms with Crippen molar-refractivity contribution in [2.45, 2.75) is 26.7 Å². The second-order valence-corrected chi connectivity index (χ2v) is 7.49. The quantitative estimate of drug-likeness (QED) is 0.234. The van der Waals surface area contributed by atoms with Gasteiger partial charge in [0.05, 0.1) is 5.75 Å². The van der Waals surface area contributed by atoms with Crippen LogP contribution in [0.5, 0.6) is 0 Å². The van der Waals surface area contributed by atoms with Gasteiger partial charge in [-0.2, -0.15) is 0 Å². The molecular weight excluding hydrogens is 405 g/mol. The Morgan fingerprint density at radius 3 is 2.24 bits per heavy atom. The molecular formula is C13H30IN3O3S. The number of hydrogen-bond acceptors (Lipinski definition) is 4. The number of guanidine groups is 1. The largest absolute Gasteiger partial charge is 0.381 e. The van der Waals surface area contributed by atoms with Gasteiger partial charge in [0.1, 0.15) is 9.84 Å². The molecule has 0 atom stereocenters. The van der Waals surface area contributed by atoms with Gasteiger partial charge in [-0.3, -0.25) is 4.99 Å². The van der Waals surface area contributed by atoms with Crippen molar-refractivity contribution in [1.29, 1.82) is 0 Å². The van der Waals surface area contributed by atoms with Crippen LogP contribution in [0, 0.1) is 5.92 Å². The Kier molecular flexibility index (Phi) is 15.0. The molecule has 0 unspecified atom stereocenters. The fraction of sp³-hybridized carbons (Fsp3) is 0.923. The third kappa shape index (κ3) is 17.9. The Morgan fingerprint density at radius 2 is 1.76 bits per heavy atom. The van der Waals surface area contributed by atoms with Crippen LogP contribution in [0.3, 0.4) is 0 Å². The van der Waals surface area contributed by atoms with E-state index in [4.69, 9.17) is 4.74 Å². The lowest BCUT2D eigenvalue weighted by molar-refractivity contribution is 0.108. The van der Waals surface area contributed by atoms with Crippen LogP contribution < -0.4 is 10.6 Å². The molecule has 128 valence electrons. The Balaban J connectivity index is 0. The fourth-order valence-electron chi connectivity index (χ4n) is 1.46. The van der Waals surface area contributed by atoms with Crippen molar-refractivity contribution in [3.8, 4) is 0 Å². The second kappa shape index (κ2) is 13.6. The van der Waals surface area contributed by atoms with Crippen LogP contribution >= 0.6 is 24.0 Å². The van der Waals surface area contributed by atoms with Gasteiger partial charge in [-0.25, -0.2) is 8.42 Å². The molecule has 8 heteroatoms. The predicted molar refractivity (Wildman–Crippen MR) is 99.4 cm³/mol. The van der Waals surface area contributed by atoms with Gasteiger partial charge in [0.15, 0.2) is 5.96 Å². The van der Waals surface area contributed by atoms with Crippen molar-refractivity contribution >= 4 is 39.8 Å². The zero-order chi connectivity index (χ0) is 15.4. The zero-order valence-electron chi connectivity index (χ0n) is 13.5. The van der Waals surface area contributed by atoms with E-state index in [-0.39, 0.29) is 29.7 Å². The van der Waals surface area contributed by atoms with Gasteiger partial charge >= 0.3 is 0 Å². The van der Waals surface area contributed by atoms with Crippen molar-refractivity contribution in [2.75, 3.05) is 45.4 Å². The van der Waals surface area contributed by atoms with Crippen molar-refractivity contribution in [3.05, 3.63) is 0 Å². The van der Waals surface area contributed by atoms with E-state index in [0.29, 0.717) is 24.8 Å². The molecule has 0 spiro atoms. The van der Waals surface area contributed by atoms with Crippen LogP contribution in [0.2, 0.25) is 0 Å². The number of rotatable bonds is 10. The molecule has 0 fully saturated rings. The molecule has 0 heterocycles. The topological polar surface area (TPSA) is 79.8 Å². The Morgan fingerprint density at radius 1 is 1.19 bits per heavy atom. The van der Waals surface area contributed by atoms with Gasteiger partial charge in [-0.1, -0.05) is 13.8 Å². The maximum Gasteiger partial charge on any atom is 0.190 e. The highest BCUT2D eigenvalue weighted by atomic mass is 127. The van der Waals surface area contributed by atoms with Gasteiger partial charge in [0.25, 0.3) is 0 Å². The second-order valence-electron chi connectivity index (χ2n) is 5.23. The molecule has 0 aliphatic heterocycles. The van der Waals surface area contributed by atoms with Crippen LogP contribution in [0.1, 0.15) is 26.7 Å². The summed E-state index contributed by atoms with van der Waals surface area (Å²) in [5.41, 5.74) is 0. The van der Waals surface area contributed by atoms with E-state index in [1.165, 1.54) is 6.26 Å². The highest BCUT2D eigenvalue weighted by Gasteiger charge is 2.02. The molecule has 0 aliphatic rings. The molecule has 0 aliphatic carbocycles. The summed E-state index contributed by atoms with van der Waals surface area (Å²) in [7, 11) is -1.18. The van der Waals surface area contributed by atoms with E-state index in [2.05, 4.69) is 29.5 Å². The first-order valence-corrected chi connectivity index (χ1v) is 9.11. The molecule has 6 nitrogen and oxygen atoms in total. The van der Waals surface area contributed by atoms with E-state index in [1.54, 1.807) is 7.05 Å².